The van der Waals surface area contributed by atoms with Crippen molar-refractivity contribution in [2.24, 2.45) is 63.6 Å². The van der Waals surface area contributed by atoms with Gasteiger partial charge in [-0.1, -0.05) is 26.0 Å². The molecule has 0 aromatic carbocycles. The van der Waals surface area contributed by atoms with Crippen molar-refractivity contribution in [2.45, 2.75) is 26.1 Å². The number of allylic oxidation sites excluding steroid dienone is 2. The Bertz CT molecular complexity index is 1140. The van der Waals surface area contributed by atoms with Gasteiger partial charge in [0.25, 0.3) is 0 Å². The van der Waals surface area contributed by atoms with E-state index in [4.69, 9.17) is 18.9 Å². The zero-order valence-electron chi connectivity index (χ0n) is 19.3. The lowest BCUT2D eigenvalue weighted by molar-refractivity contribution is -0.416. The van der Waals surface area contributed by atoms with Gasteiger partial charge in [-0.25, -0.2) is 9.59 Å². The van der Waals surface area contributed by atoms with E-state index in [-0.39, 0.29) is 34.9 Å². The van der Waals surface area contributed by atoms with Crippen LogP contribution in [0.1, 0.15) is 20.3 Å². The monoisotopic (exact) mass is 452 g/mol. The number of fused-ring (bicyclic) bond motifs is 2. The molecule has 0 amide bonds. The van der Waals surface area contributed by atoms with E-state index < -0.39 is 40.4 Å². The van der Waals surface area contributed by atoms with Crippen molar-refractivity contribution < 1.29 is 33.3 Å². The minimum absolute atomic E-state index is 0.0381. The quantitative estimate of drug-likeness (QED) is 0.467. The standard InChI is InChI=1S/C26H28O7/c1-23(2)8-32-26(33-9-23)17-11-7-10-14(17)20(27)24-12-5-6-13(25(24,26)19(11)18(10)24)16(22(29)31-4)15(12)21(28)30-3/h5-6,10-14,17-19H,7-9H2,1-4H3/t10-,11+,12-,13+,14-,17+,18+,19-,24-,25-/m0/s1. The van der Waals surface area contributed by atoms with Gasteiger partial charge in [-0.05, 0) is 30.1 Å². The molecule has 7 heteroatoms. The van der Waals surface area contributed by atoms with Crippen molar-refractivity contribution in [3.05, 3.63) is 23.3 Å². The fourth-order valence-corrected chi connectivity index (χ4v) is 11.0. The summed E-state index contributed by atoms with van der Waals surface area (Å²) in [6.07, 6.45) is 5.06. The van der Waals surface area contributed by atoms with E-state index in [1.807, 2.05) is 12.2 Å². The van der Waals surface area contributed by atoms with Crippen LogP contribution >= 0.6 is 0 Å². The molecule has 33 heavy (non-hydrogen) atoms. The first-order chi connectivity index (χ1) is 15.7. The van der Waals surface area contributed by atoms with Crippen molar-refractivity contribution in [1.82, 2.24) is 0 Å². The third kappa shape index (κ3) is 1.46. The zero-order valence-corrected chi connectivity index (χ0v) is 19.3. The molecule has 3 spiro atoms. The van der Waals surface area contributed by atoms with Crippen LogP contribution in [0.3, 0.4) is 0 Å². The third-order valence-electron chi connectivity index (χ3n) is 11.2. The molecule has 5 saturated carbocycles. The van der Waals surface area contributed by atoms with Crippen molar-refractivity contribution >= 4 is 17.7 Å². The lowest BCUT2D eigenvalue weighted by atomic mass is 9.27. The van der Waals surface area contributed by atoms with E-state index in [2.05, 4.69) is 13.8 Å². The molecular formula is C26H28O7. The molecule has 1 heterocycles. The molecule has 9 rings (SSSR count). The number of ketones is 1. The minimum atomic E-state index is -0.896. The van der Waals surface area contributed by atoms with Gasteiger partial charge in [0.1, 0.15) is 5.78 Å². The van der Waals surface area contributed by atoms with Crippen LogP contribution in [0, 0.1) is 63.6 Å². The Labute approximate surface area is 191 Å². The van der Waals surface area contributed by atoms with E-state index in [1.165, 1.54) is 14.2 Å². The van der Waals surface area contributed by atoms with Crippen LogP contribution in [-0.4, -0.2) is 50.9 Å². The number of hydrogen-bond donors (Lipinski definition) is 0. The number of hydrogen-bond acceptors (Lipinski definition) is 7. The highest BCUT2D eigenvalue weighted by Gasteiger charge is 3.03. The largest absolute Gasteiger partial charge is 0.466 e. The molecule has 7 nitrogen and oxygen atoms in total. The van der Waals surface area contributed by atoms with Gasteiger partial charge in [0.2, 0.25) is 0 Å². The number of esters is 2. The van der Waals surface area contributed by atoms with Crippen molar-refractivity contribution in [1.29, 1.82) is 0 Å². The molecule has 8 aliphatic carbocycles. The summed E-state index contributed by atoms with van der Waals surface area (Å²) in [6, 6.07) is 0. The summed E-state index contributed by atoms with van der Waals surface area (Å²) in [5.41, 5.74) is -0.868. The SMILES string of the molecule is COC(=O)C1=C(C(=O)OC)[C@@H]2C=C[C@H]1[C@]13[C@H]4[C@@H]5C[C@H]6[C@H](C(=O)[C@@]21[C@H]64)[C@@H]5C31OCC(C)(C)CO1. The fourth-order valence-electron chi connectivity index (χ4n) is 11.0. The molecule has 10 atom stereocenters. The van der Waals surface area contributed by atoms with E-state index in [0.717, 1.165) is 6.42 Å². The predicted octanol–water partition coefficient (Wildman–Crippen LogP) is 1.91. The van der Waals surface area contributed by atoms with Crippen molar-refractivity contribution in [3.8, 4) is 0 Å². The first kappa shape index (κ1) is 19.3. The van der Waals surface area contributed by atoms with Gasteiger partial charge in [-0.2, -0.15) is 0 Å². The summed E-state index contributed by atoms with van der Waals surface area (Å²) in [7, 11) is 2.67. The van der Waals surface area contributed by atoms with Gasteiger partial charge in [-0.3, -0.25) is 4.79 Å². The Hall–Kier alpha value is -1.99. The van der Waals surface area contributed by atoms with Crippen LogP contribution in [0.25, 0.3) is 0 Å². The summed E-state index contributed by atoms with van der Waals surface area (Å²) in [5.74, 6) is -1.45. The Morgan fingerprint density at radius 3 is 2.15 bits per heavy atom. The van der Waals surface area contributed by atoms with E-state index in [9.17, 15) is 14.4 Å². The Kier molecular flexibility index (Phi) is 3.02. The van der Waals surface area contributed by atoms with Crippen molar-refractivity contribution in [2.75, 3.05) is 27.4 Å². The maximum absolute atomic E-state index is 14.4. The van der Waals surface area contributed by atoms with Crippen LogP contribution in [0.5, 0.6) is 0 Å². The van der Waals surface area contributed by atoms with E-state index >= 15 is 0 Å². The minimum Gasteiger partial charge on any atom is -0.466 e. The van der Waals surface area contributed by atoms with Gasteiger partial charge in [0, 0.05) is 29.1 Å². The topological polar surface area (TPSA) is 88.1 Å². The van der Waals surface area contributed by atoms with Crippen LogP contribution in [0.4, 0.5) is 0 Å². The van der Waals surface area contributed by atoms with Crippen LogP contribution in [-0.2, 0) is 33.3 Å². The lowest BCUT2D eigenvalue weighted by Crippen LogP contribution is -2.82. The normalized spacial score (nSPS) is 53.6. The van der Waals surface area contributed by atoms with Gasteiger partial charge < -0.3 is 18.9 Å². The second kappa shape index (κ2) is 5.15. The molecule has 6 fully saturated rings. The molecule has 174 valence electrons. The molecule has 9 aliphatic rings. The zero-order chi connectivity index (χ0) is 22.9. The smallest absolute Gasteiger partial charge is 0.334 e. The van der Waals surface area contributed by atoms with E-state index in [0.29, 0.717) is 36.2 Å². The Morgan fingerprint density at radius 2 is 1.52 bits per heavy atom. The molecular weight excluding hydrogens is 424 g/mol. The first-order valence-electron chi connectivity index (χ1n) is 12.2. The summed E-state index contributed by atoms with van der Waals surface area (Å²) in [4.78, 5) is 40.7. The average molecular weight is 453 g/mol. The van der Waals surface area contributed by atoms with Crippen LogP contribution < -0.4 is 0 Å². The number of ether oxygens (including phenoxy) is 4. The highest BCUT2D eigenvalue weighted by Crippen LogP contribution is 2.99. The summed E-state index contributed by atoms with van der Waals surface area (Å²) < 4.78 is 24.1. The first-order valence-corrected chi connectivity index (χ1v) is 12.2. The van der Waals surface area contributed by atoms with Gasteiger partial charge >= 0.3 is 11.9 Å². The third-order valence-corrected chi connectivity index (χ3v) is 11.2. The average Bonchev–Trinajstić information content (AvgIpc) is 3.35. The Morgan fingerprint density at radius 1 is 0.909 bits per heavy atom. The highest BCUT2D eigenvalue weighted by molar-refractivity contribution is 6.07. The maximum atomic E-state index is 14.4. The molecule has 1 aliphatic heterocycles. The summed E-state index contributed by atoms with van der Waals surface area (Å²) in [6.45, 7) is 5.37. The van der Waals surface area contributed by atoms with Gasteiger partial charge in [-0.15, -0.1) is 0 Å². The Balaban J connectivity index is 1.45. The summed E-state index contributed by atoms with van der Waals surface area (Å²) in [5, 5.41) is 0. The number of carbonyl (C=O) groups excluding carboxylic acids is 3. The lowest BCUT2D eigenvalue weighted by Gasteiger charge is -2.76. The molecule has 0 aromatic rings. The summed E-state index contributed by atoms with van der Waals surface area (Å²) >= 11 is 0. The molecule has 0 radical (unpaired) electrons. The van der Waals surface area contributed by atoms with Crippen molar-refractivity contribution in [3.63, 3.8) is 0 Å². The second-order valence-corrected chi connectivity index (χ2v) is 12.3. The number of methoxy groups -OCH3 is 2. The molecule has 4 bridgehead atoms. The number of Topliss-reactive ketones (excluding diaryl/α,β-unsaturated/α-hetero) is 1. The number of rotatable bonds is 2. The molecule has 0 unspecified atom stereocenters. The fraction of sp³-hybridized carbons (Fsp3) is 0.731. The maximum Gasteiger partial charge on any atom is 0.334 e. The predicted molar refractivity (Wildman–Crippen MR) is 111 cm³/mol. The molecule has 0 aromatic heterocycles. The molecule has 1 saturated heterocycles. The highest BCUT2D eigenvalue weighted by atomic mass is 16.7. The van der Waals surface area contributed by atoms with E-state index in [1.54, 1.807) is 0 Å². The van der Waals surface area contributed by atoms with Gasteiger partial charge in [0.15, 0.2) is 5.79 Å². The second-order valence-electron chi connectivity index (χ2n) is 12.3. The van der Waals surface area contributed by atoms with Crippen LogP contribution in [0.15, 0.2) is 23.3 Å². The number of carbonyl (C=O) groups is 3. The molecule has 0 N–H and O–H groups in total. The van der Waals surface area contributed by atoms with Crippen LogP contribution in [0.2, 0.25) is 0 Å². The van der Waals surface area contributed by atoms with Gasteiger partial charge in [0.05, 0.1) is 49.4 Å².